The van der Waals surface area contributed by atoms with Crippen LogP contribution in [0.3, 0.4) is 0 Å². The highest BCUT2D eigenvalue weighted by atomic mass is 35.5. The minimum atomic E-state index is -0.282. The first kappa shape index (κ1) is 17.9. The fraction of sp³-hybridized carbons (Fsp3) is 0.150. The summed E-state index contributed by atoms with van der Waals surface area (Å²) in [5, 5.41) is 6.65. The molecule has 0 atom stereocenters. The second-order valence-corrected chi connectivity index (χ2v) is 6.47. The van der Waals surface area contributed by atoms with Crippen LogP contribution >= 0.6 is 11.6 Å². The summed E-state index contributed by atoms with van der Waals surface area (Å²) in [5.41, 5.74) is 4.37. The van der Waals surface area contributed by atoms with Crippen molar-refractivity contribution < 1.29 is 4.79 Å². The Labute approximate surface area is 157 Å². The number of hydrogen-bond acceptors (Lipinski definition) is 4. The molecular formula is C20H19ClN4O. The van der Waals surface area contributed by atoms with Crippen molar-refractivity contribution in [2.75, 3.05) is 5.32 Å². The molecule has 1 heterocycles. The minimum Gasteiger partial charge on any atom is -0.347 e. The molecule has 0 spiro atoms. The third-order valence-corrected chi connectivity index (χ3v) is 4.16. The molecule has 0 fully saturated rings. The number of nitrogens with zero attached hydrogens (tertiary/aromatic N) is 2. The van der Waals surface area contributed by atoms with Crippen molar-refractivity contribution >= 4 is 29.0 Å². The van der Waals surface area contributed by atoms with E-state index in [1.165, 1.54) is 6.33 Å². The number of halogens is 1. The lowest BCUT2D eigenvalue weighted by Crippen LogP contribution is -2.24. The van der Waals surface area contributed by atoms with E-state index >= 15 is 0 Å². The molecule has 0 aliphatic carbocycles. The Balaban J connectivity index is 1.70. The van der Waals surface area contributed by atoms with Crippen molar-refractivity contribution in [2.24, 2.45) is 0 Å². The van der Waals surface area contributed by atoms with Crippen molar-refractivity contribution in [3.05, 3.63) is 82.3 Å². The predicted octanol–water partition coefficient (Wildman–Crippen LogP) is 4.42. The molecule has 2 aromatic carbocycles. The molecule has 6 heteroatoms. The Morgan fingerprint density at radius 3 is 2.50 bits per heavy atom. The summed E-state index contributed by atoms with van der Waals surface area (Å²) in [6, 6.07) is 15.2. The molecule has 3 aromatic rings. The summed E-state index contributed by atoms with van der Waals surface area (Å²) in [7, 11) is 0. The van der Waals surface area contributed by atoms with E-state index in [9.17, 15) is 4.79 Å². The zero-order chi connectivity index (χ0) is 18.5. The van der Waals surface area contributed by atoms with Gasteiger partial charge < -0.3 is 10.6 Å². The first-order valence-corrected chi connectivity index (χ1v) is 8.58. The molecule has 0 unspecified atom stereocenters. The highest BCUT2D eigenvalue weighted by Gasteiger charge is 2.10. The lowest BCUT2D eigenvalue weighted by atomic mass is 10.1. The van der Waals surface area contributed by atoms with Crippen LogP contribution in [0.5, 0.6) is 0 Å². The van der Waals surface area contributed by atoms with E-state index in [0.29, 0.717) is 23.1 Å². The van der Waals surface area contributed by atoms with Crippen molar-refractivity contribution in [1.29, 1.82) is 0 Å². The maximum atomic E-state index is 12.4. The zero-order valence-corrected chi connectivity index (χ0v) is 15.3. The quantitative estimate of drug-likeness (QED) is 0.701. The Kier molecular flexibility index (Phi) is 5.49. The Bertz CT molecular complexity index is 922. The lowest BCUT2D eigenvalue weighted by molar-refractivity contribution is 0.0946. The van der Waals surface area contributed by atoms with E-state index < -0.39 is 0 Å². The summed E-state index contributed by atoms with van der Waals surface area (Å²) >= 11 is 6.11. The molecule has 3 rings (SSSR count). The van der Waals surface area contributed by atoms with E-state index in [1.807, 2.05) is 44.2 Å². The molecule has 132 valence electrons. The number of hydrogen-bond donors (Lipinski definition) is 2. The van der Waals surface area contributed by atoms with Gasteiger partial charge in [-0.15, -0.1) is 0 Å². The SMILES string of the molecule is Cc1cc(C)cc(Nc2cc(C(=O)NCc3ccccc3Cl)ncn2)c1. The van der Waals surface area contributed by atoms with Crippen LogP contribution < -0.4 is 10.6 Å². The van der Waals surface area contributed by atoms with E-state index in [-0.39, 0.29) is 5.91 Å². The first-order chi connectivity index (χ1) is 12.5. The van der Waals surface area contributed by atoms with Crippen LogP contribution in [0, 0.1) is 13.8 Å². The predicted molar refractivity (Wildman–Crippen MR) is 104 cm³/mol. The van der Waals surface area contributed by atoms with Crippen molar-refractivity contribution in [2.45, 2.75) is 20.4 Å². The van der Waals surface area contributed by atoms with Gasteiger partial charge in [-0.3, -0.25) is 4.79 Å². The van der Waals surface area contributed by atoms with Crippen LogP contribution in [0.15, 0.2) is 54.9 Å². The van der Waals surface area contributed by atoms with Gasteiger partial charge in [-0.05, 0) is 48.7 Å². The average Bonchev–Trinajstić information content (AvgIpc) is 2.60. The molecule has 0 radical (unpaired) electrons. The molecule has 1 amide bonds. The molecule has 5 nitrogen and oxygen atoms in total. The zero-order valence-electron chi connectivity index (χ0n) is 14.6. The highest BCUT2D eigenvalue weighted by Crippen LogP contribution is 2.18. The van der Waals surface area contributed by atoms with Gasteiger partial charge in [0.2, 0.25) is 0 Å². The maximum Gasteiger partial charge on any atom is 0.270 e. The summed E-state index contributed by atoms with van der Waals surface area (Å²) in [6.45, 7) is 4.40. The number of aromatic nitrogens is 2. The van der Waals surface area contributed by atoms with Crippen LogP contribution in [-0.2, 0) is 6.54 Å². The Hall–Kier alpha value is -2.92. The molecule has 26 heavy (non-hydrogen) atoms. The largest absolute Gasteiger partial charge is 0.347 e. The number of carbonyl (C=O) groups is 1. The fourth-order valence-electron chi connectivity index (χ4n) is 2.65. The standard InChI is InChI=1S/C20H19ClN4O/c1-13-7-14(2)9-16(8-13)25-19-10-18(23-12-24-19)20(26)22-11-15-5-3-4-6-17(15)21/h3-10,12H,11H2,1-2H3,(H,22,26)(H,23,24,25). The summed E-state index contributed by atoms with van der Waals surface area (Å²) in [6.07, 6.45) is 1.37. The van der Waals surface area contributed by atoms with Gasteiger partial charge in [-0.25, -0.2) is 9.97 Å². The van der Waals surface area contributed by atoms with Crippen LogP contribution in [0.25, 0.3) is 0 Å². The van der Waals surface area contributed by atoms with E-state index in [2.05, 4.69) is 26.7 Å². The van der Waals surface area contributed by atoms with Gasteiger partial charge in [0.25, 0.3) is 5.91 Å². The molecule has 0 saturated carbocycles. The van der Waals surface area contributed by atoms with Gasteiger partial charge in [-0.2, -0.15) is 0 Å². The molecule has 0 bridgehead atoms. The van der Waals surface area contributed by atoms with Crippen LogP contribution in [0.2, 0.25) is 5.02 Å². The van der Waals surface area contributed by atoms with E-state index in [0.717, 1.165) is 22.4 Å². The van der Waals surface area contributed by atoms with Gasteiger partial charge in [0, 0.05) is 23.3 Å². The second kappa shape index (κ2) is 7.97. The van der Waals surface area contributed by atoms with Gasteiger partial charge in [0.05, 0.1) is 0 Å². The number of anilines is 2. The van der Waals surface area contributed by atoms with E-state index in [4.69, 9.17) is 11.6 Å². The van der Waals surface area contributed by atoms with E-state index in [1.54, 1.807) is 12.1 Å². The fourth-order valence-corrected chi connectivity index (χ4v) is 2.85. The lowest BCUT2D eigenvalue weighted by Gasteiger charge is -2.09. The summed E-state index contributed by atoms with van der Waals surface area (Å²) in [4.78, 5) is 20.6. The van der Waals surface area contributed by atoms with Crippen molar-refractivity contribution in [3.63, 3.8) is 0 Å². The smallest absolute Gasteiger partial charge is 0.270 e. The summed E-state index contributed by atoms with van der Waals surface area (Å²) in [5.74, 6) is 0.281. The highest BCUT2D eigenvalue weighted by molar-refractivity contribution is 6.31. The molecular weight excluding hydrogens is 348 g/mol. The third-order valence-electron chi connectivity index (χ3n) is 3.79. The number of nitrogens with one attached hydrogen (secondary N) is 2. The van der Waals surface area contributed by atoms with Crippen LogP contribution in [-0.4, -0.2) is 15.9 Å². The van der Waals surface area contributed by atoms with Crippen molar-refractivity contribution in [3.8, 4) is 0 Å². The number of aryl methyl sites for hydroxylation is 2. The second-order valence-electron chi connectivity index (χ2n) is 6.06. The number of rotatable bonds is 5. The van der Waals surface area contributed by atoms with Gasteiger partial charge >= 0.3 is 0 Å². The Morgan fingerprint density at radius 1 is 1.04 bits per heavy atom. The maximum absolute atomic E-state index is 12.4. The average molecular weight is 367 g/mol. The number of amides is 1. The first-order valence-electron chi connectivity index (χ1n) is 8.20. The third kappa shape index (κ3) is 4.58. The topological polar surface area (TPSA) is 66.9 Å². The van der Waals surface area contributed by atoms with Gasteiger partial charge in [0.15, 0.2) is 0 Å². The molecule has 0 saturated heterocycles. The monoisotopic (exact) mass is 366 g/mol. The van der Waals surface area contributed by atoms with Gasteiger partial charge in [0.1, 0.15) is 17.8 Å². The number of benzene rings is 2. The van der Waals surface area contributed by atoms with Crippen LogP contribution in [0.4, 0.5) is 11.5 Å². The van der Waals surface area contributed by atoms with Crippen LogP contribution in [0.1, 0.15) is 27.2 Å². The summed E-state index contributed by atoms with van der Waals surface area (Å²) < 4.78 is 0. The molecule has 0 aliphatic rings. The van der Waals surface area contributed by atoms with Gasteiger partial charge in [-0.1, -0.05) is 35.9 Å². The van der Waals surface area contributed by atoms with Crippen molar-refractivity contribution in [1.82, 2.24) is 15.3 Å². The molecule has 0 aliphatic heterocycles. The minimum absolute atomic E-state index is 0.282. The number of carbonyl (C=O) groups excluding carboxylic acids is 1. The molecule has 1 aromatic heterocycles. The normalized spacial score (nSPS) is 10.4. The Morgan fingerprint density at radius 2 is 1.77 bits per heavy atom. The molecule has 2 N–H and O–H groups in total.